The monoisotopic (exact) mass is 342 g/mol. The smallest absolute Gasteiger partial charge is 0.236 e. The van der Waals surface area contributed by atoms with Crippen LogP contribution in [0.15, 0.2) is 41.8 Å². The Morgan fingerprint density at radius 3 is 2.62 bits per heavy atom. The lowest BCUT2D eigenvalue weighted by molar-refractivity contribution is -0.131. The van der Waals surface area contributed by atoms with Crippen molar-refractivity contribution >= 4 is 17.2 Å². The Morgan fingerprint density at radius 1 is 1.21 bits per heavy atom. The van der Waals surface area contributed by atoms with Gasteiger partial charge in [0.2, 0.25) is 5.91 Å². The Kier molecular flexibility index (Phi) is 5.07. The molecule has 24 heavy (non-hydrogen) atoms. The van der Waals surface area contributed by atoms with Crippen LogP contribution in [0, 0.1) is 5.41 Å². The summed E-state index contributed by atoms with van der Waals surface area (Å²) in [4.78, 5) is 15.9. The molecule has 1 aromatic carbocycles. The van der Waals surface area contributed by atoms with Gasteiger partial charge >= 0.3 is 0 Å². The summed E-state index contributed by atoms with van der Waals surface area (Å²) in [6.07, 6.45) is 0.954. The molecular formula is C20H26N2OS. The van der Waals surface area contributed by atoms with Crippen LogP contribution in [0.5, 0.6) is 0 Å². The van der Waals surface area contributed by atoms with Crippen LogP contribution < -0.4 is 5.32 Å². The molecule has 0 aliphatic carbocycles. The van der Waals surface area contributed by atoms with Crippen molar-refractivity contribution in [3.05, 3.63) is 57.8 Å². The van der Waals surface area contributed by atoms with Crippen molar-refractivity contribution in [1.29, 1.82) is 0 Å². The van der Waals surface area contributed by atoms with E-state index in [0.717, 1.165) is 19.5 Å². The summed E-state index contributed by atoms with van der Waals surface area (Å²) in [5, 5.41) is 5.60. The second-order valence-electron chi connectivity index (χ2n) is 7.53. The highest BCUT2D eigenvalue weighted by molar-refractivity contribution is 7.10. The van der Waals surface area contributed by atoms with Gasteiger partial charge in [0.15, 0.2) is 0 Å². The molecular weight excluding hydrogens is 316 g/mol. The molecule has 1 aliphatic heterocycles. The van der Waals surface area contributed by atoms with Gasteiger partial charge in [0, 0.05) is 24.0 Å². The van der Waals surface area contributed by atoms with Gasteiger partial charge in [0.05, 0.1) is 6.54 Å². The highest BCUT2D eigenvalue weighted by atomic mass is 32.1. The quantitative estimate of drug-likeness (QED) is 0.910. The highest BCUT2D eigenvalue weighted by Gasteiger charge is 2.28. The second-order valence-corrected chi connectivity index (χ2v) is 8.51. The second kappa shape index (κ2) is 7.08. The van der Waals surface area contributed by atoms with Gasteiger partial charge in [-0.25, -0.2) is 0 Å². The molecule has 0 unspecified atom stereocenters. The molecule has 0 fully saturated rings. The summed E-state index contributed by atoms with van der Waals surface area (Å²) in [6, 6.07) is 12.8. The predicted octanol–water partition coefficient (Wildman–Crippen LogP) is 4.01. The van der Waals surface area contributed by atoms with Gasteiger partial charge in [-0.05, 0) is 34.4 Å². The fraction of sp³-hybridized carbons (Fsp3) is 0.450. The number of amides is 1. The normalized spacial score (nSPS) is 15.9. The van der Waals surface area contributed by atoms with Crippen molar-refractivity contribution in [2.24, 2.45) is 5.41 Å². The zero-order valence-electron chi connectivity index (χ0n) is 14.7. The standard InChI is InChI=1S/C20H26N2OS/c1-20(2,3)19(17-9-6-12-24-17)21-13-18(23)22-11-10-15-7-4-5-8-16(15)14-22/h4-9,12,19,21H,10-11,13-14H2,1-3H3/t19-/m0/s1. The maximum atomic E-state index is 12.7. The molecule has 2 heterocycles. The molecule has 0 spiro atoms. The lowest BCUT2D eigenvalue weighted by atomic mass is 9.86. The number of carbonyl (C=O) groups is 1. The number of hydrogen-bond donors (Lipinski definition) is 1. The predicted molar refractivity (Wildman–Crippen MR) is 100 cm³/mol. The van der Waals surface area contributed by atoms with Crippen LogP contribution in [0.4, 0.5) is 0 Å². The number of nitrogens with zero attached hydrogens (tertiary/aromatic N) is 1. The molecule has 0 radical (unpaired) electrons. The van der Waals surface area contributed by atoms with Crippen molar-refractivity contribution in [3.63, 3.8) is 0 Å². The number of thiophene rings is 1. The Morgan fingerprint density at radius 2 is 1.96 bits per heavy atom. The lowest BCUT2D eigenvalue weighted by Gasteiger charge is -2.33. The van der Waals surface area contributed by atoms with E-state index in [-0.39, 0.29) is 17.4 Å². The Bertz CT molecular complexity index is 688. The van der Waals surface area contributed by atoms with Crippen molar-refractivity contribution in [1.82, 2.24) is 10.2 Å². The summed E-state index contributed by atoms with van der Waals surface area (Å²) in [5.41, 5.74) is 2.72. The summed E-state index contributed by atoms with van der Waals surface area (Å²) < 4.78 is 0. The first kappa shape index (κ1) is 17.2. The minimum absolute atomic E-state index is 0.0691. The van der Waals surface area contributed by atoms with Crippen molar-refractivity contribution in [2.75, 3.05) is 13.1 Å². The molecule has 3 rings (SSSR count). The highest BCUT2D eigenvalue weighted by Crippen LogP contribution is 2.35. The fourth-order valence-electron chi connectivity index (χ4n) is 3.30. The van der Waals surface area contributed by atoms with Gasteiger partial charge in [0.25, 0.3) is 0 Å². The molecule has 0 saturated heterocycles. The van der Waals surface area contributed by atoms with E-state index in [1.54, 1.807) is 11.3 Å². The number of nitrogens with one attached hydrogen (secondary N) is 1. The van der Waals surface area contributed by atoms with Gasteiger partial charge in [-0.2, -0.15) is 0 Å². The third-order valence-electron chi connectivity index (χ3n) is 4.63. The third-order valence-corrected chi connectivity index (χ3v) is 5.57. The fourth-order valence-corrected chi connectivity index (χ4v) is 4.34. The van der Waals surface area contributed by atoms with Crippen LogP contribution in [0.3, 0.4) is 0 Å². The van der Waals surface area contributed by atoms with E-state index >= 15 is 0 Å². The van der Waals surface area contributed by atoms with Gasteiger partial charge in [-0.15, -0.1) is 11.3 Å². The molecule has 1 aliphatic rings. The van der Waals surface area contributed by atoms with Crippen molar-refractivity contribution in [2.45, 2.75) is 39.8 Å². The molecule has 1 atom stereocenters. The minimum atomic E-state index is 0.0691. The molecule has 1 N–H and O–H groups in total. The zero-order chi connectivity index (χ0) is 17.2. The largest absolute Gasteiger partial charge is 0.337 e. The number of hydrogen-bond acceptors (Lipinski definition) is 3. The first-order valence-corrected chi connectivity index (χ1v) is 9.44. The van der Waals surface area contributed by atoms with Gasteiger partial charge in [0.1, 0.15) is 0 Å². The maximum absolute atomic E-state index is 12.7. The summed E-state index contributed by atoms with van der Waals surface area (Å²) in [5.74, 6) is 0.190. The van der Waals surface area contributed by atoms with Crippen LogP contribution in [0.1, 0.15) is 42.8 Å². The van der Waals surface area contributed by atoms with Crippen LogP contribution in [0.2, 0.25) is 0 Å². The van der Waals surface area contributed by atoms with Gasteiger partial charge < -0.3 is 10.2 Å². The summed E-state index contributed by atoms with van der Waals surface area (Å²) in [7, 11) is 0. The average molecular weight is 343 g/mol. The Hall–Kier alpha value is -1.65. The van der Waals surface area contributed by atoms with E-state index in [1.807, 2.05) is 4.90 Å². The molecule has 4 heteroatoms. The maximum Gasteiger partial charge on any atom is 0.236 e. The number of fused-ring (bicyclic) bond motifs is 1. The van der Waals surface area contributed by atoms with E-state index in [2.05, 4.69) is 67.9 Å². The van der Waals surface area contributed by atoms with E-state index in [4.69, 9.17) is 0 Å². The van der Waals surface area contributed by atoms with E-state index in [0.29, 0.717) is 6.54 Å². The first-order chi connectivity index (χ1) is 11.4. The van der Waals surface area contributed by atoms with Crippen LogP contribution in [-0.4, -0.2) is 23.9 Å². The summed E-state index contributed by atoms with van der Waals surface area (Å²) in [6.45, 7) is 8.58. The van der Waals surface area contributed by atoms with E-state index in [9.17, 15) is 4.79 Å². The molecule has 1 amide bonds. The van der Waals surface area contributed by atoms with E-state index in [1.165, 1.54) is 16.0 Å². The lowest BCUT2D eigenvalue weighted by Crippen LogP contribution is -2.43. The van der Waals surface area contributed by atoms with Crippen LogP contribution in [-0.2, 0) is 17.8 Å². The minimum Gasteiger partial charge on any atom is -0.337 e. The molecule has 128 valence electrons. The molecule has 1 aromatic heterocycles. The number of rotatable bonds is 4. The van der Waals surface area contributed by atoms with Crippen molar-refractivity contribution < 1.29 is 4.79 Å². The van der Waals surface area contributed by atoms with Gasteiger partial charge in [-0.3, -0.25) is 4.79 Å². The van der Waals surface area contributed by atoms with Gasteiger partial charge in [-0.1, -0.05) is 51.1 Å². The molecule has 2 aromatic rings. The average Bonchev–Trinajstić information content (AvgIpc) is 3.07. The Labute approximate surface area is 148 Å². The van der Waals surface area contributed by atoms with Crippen molar-refractivity contribution in [3.8, 4) is 0 Å². The topological polar surface area (TPSA) is 32.3 Å². The Balaban J connectivity index is 1.63. The summed E-state index contributed by atoms with van der Waals surface area (Å²) >= 11 is 1.75. The molecule has 0 bridgehead atoms. The molecule has 3 nitrogen and oxygen atoms in total. The van der Waals surface area contributed by atoms with E-state index < -0.39 is 0 Å². The molecule has 0 saturated carbocycles. The SMILES string of the molecule is CC(C)(C)[C@@H](NCC(=O)N1CCc2ccccc2C1)c1cccs1. The third kappa shape index (κ3) is 3.87. The van der Waals surface area contributed by atoms with Crippen LogP contribution >= 0.6 is 11.3 Å². The first-order valence-electron chi connectivity index (χ1n) is 8.56. The number of benzene rings is 1. The zero-order valence-corrected chi connectivity index (χ0v) is 15.5. The van der Waals surface area contributed by atoms with Crippen LogP contribution in [0.25, 0.3) is 0 Å². The number of carbonyl (C=O) groups excluding carboxylic acids is 1.